The molecule has 0 N–H and O–H groups in total. The Labute approximate surface area is 224 Å². The topological polar surface area (TPSA) is 29.5 Å². The van der Waals surface area contributed by atoms with Crippen molar-refractivity contribution in [1.29, 1.82) is 0 Å². The summed E-state index contributed by atoms with van der Waals surface area (Å²) in [4.78, 5) is 14.7. The van der Waals surface area contributed by atoms with Crippen LogP contribution in [0.2, 0.25) is 0 Å². The molecule has 8 atom stereocenters. The summed E-state index contributed by atoms with van der Waals surface area (Å²) < 4.78 is 6.80. The van der Waals surface area contributed by atoms with Crippen molar-refractivity contribution in [2.24, 2.45) is 40.4 Å². The monoisotopic (exact) mass is 499 g/mol. The van der Waals surface area contributed by atoms with Crippen LogP contribution in [0.5, 0.6) is 0 Å². The summed E-state index contributed by atoms with van der Waals surface area (Å²) in [6.07, 6.45) is 8.03. The molecular weight excluding hydrogens is 454 g/mol. The highest BCUT2D eigenvalue weighted by Gasteiger charge is 2.66. The van der Waals surface area contributed by atoms with Crippen molar-refractivity contribution < 1.29 is 9.53 Å². The van der Waals surface area contributed by atoms with Crippen LogP contribution in [0.15, 0.2) is 60.7 Å². The Kier molecular flexibility index (Phi) is 6.10. The highest BCUT2D eigenvalue weighted by molar-refractivity contribution is 5.77. The van der Waals surface area contributed by atoms with Gasteiger partial charge < -0.3 is 9.64 Å². The van der Waals surface area contributed by atoms with Gasteiger partial charge in [-0.15, -0.1) is 0 Å². The zero-order chi connectivity index (χ0) is 26.0. The van der Waals surface area contributed by atoms with Crippen molar-refractivity contribution in [3.8, 4) is 0 Å². The summed E-state index contributed by atoms with van der Waals surface area (Å²) in [5.74, 6) is 3.49. The molecule has 3 aliphatic carbocycles. The van der Waals surface area contributed by atoms with Gasteiger partial charge in [0.15, 0.2) is 0 Å². The number of likely N-dealkylation sites (tertiary alicyclic amines) is 1. The average molecular weight is 500 g/mol. The van der Waals surface area contributed by atoms with E-state index in [0.29, 0.717) is 29.7 Å². The van der Waals surface area contributed by atoms with E-state index in [4.69, 9.17) is 4.74 Å². The van der Waals surface area contributed by atoms with Crippen LogP contribution in [0.4, 0.5) is 0 Å². The number of methoxy groups -OCH3 is 1. The Bertz CT molecular complexity index is 1090. The van der Waals surface area contributed by atoms with Crippen LogP contribution in [-0.2, 0) is 15.1 Å². The zero-order valence-corrected chi connectivity index (χ0v) is 23.5. The summed E-state index contributed by atoms with van der Waals surface area (Å²) in [7, 11) is 4.01. The van der Waals surface area contributed by atoms with E-state index in [1.54, 1.807) is 0 Å². The van der Waals surface area contributed by atoms with E-state index >= 15 is 0 Å². The number of amides is 1. The molecule has 1 saturated heterocycles. The Hall–Kier alpha value is -2.13. The number of benzene rings is 2. The molecule has 2 unspecified atom stereocenters. The number of hydrogen-bond acceptors (Lipinski definition) is 2. The van der Waals surface area contributed by atoms with Gasteiger partial charge in [0.05, 0.1) is 0 Å². The number of piperidine rings is 1. The van der Waals surface area contributed by atoms with E-state index in [-0.39, 0.29) is 10.8 Å². The first kappa shape index (κ1) is 25.2. The molecule has 198 valence electrons. The van der Waals surface area contributed by atoms with E-state index in [2.05, 4.69) is 93.4 Å². The molecule has 0 radical (unpaired) electrons. The van der Waals surface area contributed by atoms with Crippen LogP contribution in [0, 0.1) is 40.4 Å². The number of rotatable bonds is 4. The standard InChI is InChI=1S/C34H45NO2/c1-23-22-28-26-16-17-29-32(2,21-19-30(36)35(29)4)27(26)18-20-33(28,3)31(23)34(37-5,24-12-8-6-9-13-24)25-14-10-7-11-15-25/h6-15,23,26-29,31H,16-22H2,1-5H3/t23?,26-,27+,28+,29-,31?,32-,33+/m1/s1. The molecule has 4 aliphatic rings. The third kappa shape index (κ3) is 3.45. The molecule has 4 fully saturated rings. The second-order valence-corrected chi connectivity index (χ2v) is 13.4. The molecule has 1 heterocycles. The molecule has 2 aromatic rings. The highest BCUT2D eigenvalue weighted by Crippen LogP contribution is 2.70. The van der Waals surface area contributed by atoms with Crippen LogP contribution in [0.3, 0.4) is 0 Å². The van der Waals surface area contributed by atoms with E-state index < -0.39 is 5.60 Å². The first-order chi connectivity index (χ1) is 17.8. The molecule has 6 rings (SSSR count). The summed E-state index contributed by atoms with van der Waals surface area (Å²) in [6, 6.07) is 22.5. The lowest BCUT2D eigenvalue weighted by atomic mass is 9.45. The van der Waals surface area contributed by atoms with Crippen molar-refractivity contribution in [3.05, 3.63) is 71.8 Å². The predicted octanol–water partition coefficient (Wildman–Crippen LogP) is 7.30. The first-order valence-corrected chi connectivity index (χ1v) is 14.7. The summed E-state index contributed by atoms with van der Waals surface area (Å²) in [5, 5.41) is 0. The van der Waals surface area contributed by atoms with Crippen molar-refractivity contribution in [2.75, 3.05) is 14.2 Å². The molecule has 2 aromatic carbocycles. The Balaban J connectivity index is 1.43. The molecule has 0 bridgehead atoms. The zero-order valence-electron chi connectivity index (χ0n) is 23.5. The van der Waals surface area contributed by atoms with Crippen LogP contribution >= 0.6 is 0 Å². The lowest BCUT2D eigenvalue weighted by Gasteiger charge is -2.62. The number of fused-ring (bicyclic) bond motifs is 5. The minimum atomic E-state index is -0.461. The highest BCUT2D eigenvalue weighted by atomic mass is 16.5. The van der Waals surface area contributed by atoms with Gasteiger partial charge in [0, 0.05) is 32.5 Å². The fourth-order valence-electron chi connectivity index (χ4n) is 10.6. The lowest BCUT2D eigenvalue weighted by Crippen LogP contribution is -2.61. The molecule has 1 amide bonds. The normalized spacial score (nSPS) is 39.6. The van der Waals surface area contributed by atoms with Gasteiger partial charge in [-0.2, -0.15) is 0 Å². The Morgan fingerprint density at radius 2 is 1.49 bits per heavy atom. The van der Waals surface area contributed by atoms with Gasteiger partial charge >= 0.3 is 0 Å². The van der Waals surface area contributed by atoms with Crippen molar-refractivity contribution in [2.45, 2.75) is 77.4 Å². The van der Waals surface area contributed by atoms with E-state index in [0.717, 1.165) is 24.7 Å². The SMILES string of the molecule is COC(c1ccccc1)(c1ccccc1)C1C(C)C[C@H]2[C@@H]3CC[C@H]4N(C)C(=O)CC[C@]4(C)[C@H]3CC[C@]12C. The second-order valence-electron chi connectivity index (χ2n) is 13.4. The lowest BCUT2D eigenvalue weighted by molar-refractivity contribution is -0.164. The number of nitrogens with zero attached hydrogens (tertiary/aromatic N) is 1. The fourth-order valence-corrected chi connectivity index (χ4v) is 10.6. The number of ether oxygens (including phenoxy) is 1. The van der Waals surface area contributed by atoms with Gasteiger partial charge in [-0.3, -0.25) is 4.79 Å². The second kappa shape index (κ2) is 8.97. The molecule has 0 spiro atoms. The van der Waals surface area contributed by atoms with E-state index in [1.165, 1.54) is 43.2 Å². The van der Waals surface area contributed by atoms with Crippen LogP contribution in [0.1, 0.15) is 76.8 Å². The van der Waals surface area contributed by atoms with Gasteiger partial charge in [0.2, 0.25) is 5.91 Å². The van der Waals surface area contributed by atoms with Gasteiger partial charge in [-0.25, -0.2) is 0 Å². The maximum absolute atomic E-state index is 12.6. The van der Waals surface area contributed by atoms with Crippen LogP contribution in [0.25, 0.3) is 0 Å². The maximum atomic E-state index is 12.6. The van der Waals surface area contributed by atoms with E-state index in [1.807, 2.05) is 7.11 Å². The van der Waals surface area contributed by atoms with Gasteiger partial charge in [0.25, 0.3) is 0 Å². The number of carbonyl (C=O) groups excluding carboxylic acids is 1. The van der Waals surface area contributed by atoms with Crippen molar-refractivity contribution in [3.63, 3.8) is 0 Å². The third-order valence-electron chi connectivity index (χ3n) is 12.1. The van der Waals surface area contributed by atoms with Gasteiger partial charge in [-0.1, -0.05) is 81.4 Å². The summed E-state index contributed by atoms with van der Waals surface area (Å²) >= 11 is 0. The van der Waals surface area contributed by atoms with E-state index in [9.17, 15) is 4.79 Å². The third-order valence-corrected chi connectivity index (χ3v) is 12.1. The first-order valence-electron chi connectivity index (χ1n) is 14.7. The Morgan fingerprint density at radius 1 is 0.865 bits per heavy atom. The molecule has 0 aromatic heterocycles. The van der Waals surface area contributed by atoms with Crippen LogP contribution < -0.4 is 0 Å². The number of carbonyl (C=O) groups is 1. The van der Waals surface area contributed by atoms with Gasteiger partial charge in [0.1, 0.15) is 5.60 Å². The maximum Gasteiger partial charge on any atom is 0.222 e. The summed E-state index contributed by atoms with van der Waals surface area (Å²) in [6.45, 7) is 7.65. The Morgan fingerprint density at radius 3 is 2.08 bits per heavy atom. The molecule has 3 nitrogen and oxygen atoms in total. The quantitative estimate of drug-likeness (QED) is 0.442. The molecule has 1 aliphatic heterocycles. The van der Waals surface area contributed by atoms with Crippen molar-refractivity contribution in [1.82, 2.24) is 4.90 Å². The van der Waals surface area contributed by atoms with Gasteiger partial charge in [-0.05, 0) is 84.2 Å². The minimum Gasteiger partial charge on any atom is -0.368 e. The predicted molar refractivity (Wildman–Crippen MR) is 149 cm³/mol. The molecule has 37 heavy (non-hydrogen) atoms. The fraction of sp³-hybridized carbons (Fsp3) is 0.618. The van der Waals surface area contributed by atoms with Crippen molar-refractivity contribution >= 4 is 5.91 Å². The molecular formula is C34H45NO2. The molecule has 3 heteroatoms. The minimum absolute atomic E-state index is 0.210. The number of hydrogen-bond donors (Lipinski definition) is 0. The largest absolute Gasteiger partial charge is 0.368 e. The molecule has 3 saturated carbocycles. The smallest absolute Gasteiger partial charge is 0.222 e. The average Bonchev–Trinajstić information content (AvgIpc) is 3.19. The van der Waals surface area contributed by atoms with Crippen LogP contribution in [-0.4, -0.2) is 31.0 Å². The summed E-state index contributed by atoms with van der Waals surface area (Å²) in [5.41, 5.74) is 2.57.